The molecular weight excluding hydrogens is 317 g/mol. The number of rotatable bonds is 4. The summed E-state index contributed by atoms with van der Waals surface area (Å²) in [5.74, 6) is 1.20. The second-order valence-corrected chi connectivity index (χ2v) is 6.27. The number of hydrogen-bond acceptors (Lipinski definition) is 4. The third-order valence-corrected chi connectivity index (χ3v) is 4.36. The van der Waals surface area contributed by atoms with Crippen molar-refractivity contribution in [1.29, 1.82) is 0 Å². The summed E-state index contributed by atoms with van der Waals surface area (Å²) in [6.07, 6.45) is 2.52. The van der Waals surface area contributed by atoms with Gasteiger partial charge in [0, 0.05) is 17.5 Å². The van der Waals surface area contributed by atoms with Gasteiger partial charge in [0.15, 0.2) is 0 Å². The highest BCUT2D eigenvalue weighted by atomic mass is 35.5. The molecule has 2 aromatic rings. The van der Waals surface area contributed by atoms with Crippen LogP contribution in [0.4, 0.5) is 5.13 Å². The molecule has 0 bridgehead atoms. The van der Waals surface area contributed by atoms with Gasteiger partial charge in [-0.3, -0.25) is 4.79 Å². The van der Waals surface area contributed by atoms with Crippen LogP contribution in [0.3, 0.4) is 0 Å². The lowest BCUT2D eigenvalue weighted by atomic mass is 10.1. The number of carbonyl (C=O) groups excluding carboxylic acids is 1. The number of amides is 1. The third-order valence-electron chi connectivity index (χ3n) is 2.98. The van der Waals surface area contributed by atoms with Crippen molar-refractivity contribution < 1.29 is 4.79 Å². The molecule has 1 fully saturated rings. The summed E-state index contributed by atoms with van der Waals surface area (Å²) in [4.78, 5) is 16.2. The molecule has 0 spiro atoms. The Bertz CT molecular complexity index is 655. The summed E-state index contributed by atoms with van der Waals surface area (Å²) in [6.45, 7) is 0. The minimum absolute atomic E-state index is 0.137. The minimum atomic E-state index is -0.137. The quantitative estimate of drug-likeness (QED) is 0.926. The lowest BCUT2D eigenvalue weighted by Crippen LogP contribution is -2.14. The van der Waals surface area contributed by atoms with Gasteiger partial charge < -0.3 is 5.32 Å². The van der Waals surface area contributed by atoms with Crippen molar-refractivity contribution in [3.8, 4) is 0 Å². The summed E-state index contributed by atoms with van der Waals surface area (Å²) in [7, 11) is 0. The number of anilines is 1. The van der Waals surface area contributed by atoms with Crippen LogP contribution in [0.25, 0.3) is 0 Å². The average molecular weight is 328 g/mol. The Morgan fingerprint density at radius 1 is 1.35 bits per heavy atom. The molecule has 1 aliphatic rings. The molecule has 1 saturated carbocycles. The van der Waals surface area contributed by atoms with Gasteiger partial charge >= 0.3 is 0 Å². The maximum absolute atomic E-state index is 11.9. The molecule has 0 radical (unpaired) electrons. The average Bonchev–Trinajstić information content (AvgIpc) is 3.15. The second kappa shape index (κ2) is 5.68. The molecule has 3 rings (SSSR count). The van der Waals surface area contributed by atoms with Crippen LogP contribution >= 0.6 is 34.7 Å². The van der Waals surface area contributed by atoms with Crippen molar-refractivity contribution in [1.82, 2.24) is 9.36 Å². The minimum Gasteiger partial charge on any atom is -0.300 e. The van der Waals surface area contributed by atoms with Crippen molar-refractivity contribution >= 4 is 45.8 Å². The maximum atomic E-state index is 11.9. The van der Waals surface area contributed by atoms with Crippen LogP contribution in [-0.4, -0.2) is 15.3 Å². The summed E-state index contributed by atoms with van der Waals surface area (Å²) < 4.78 is 4.24. The van der Waals surface area contributed by atoms with Crippen molar-refractivity contribution in [2.24, 2.45) is 0 Å². The van der Waals surface area contributed by atoms with Gasteiger partial charge in [0.25, 0.3) is 0 Å². The highest BCUT2D eigenvalue weighted by Crippen LogP contribution is 2.39. The summed E-state index contributed by atoms with van der Waals surface area (Å²) in [5.41, 5.74) is 0.809. The van der Waals surface area contributed by atoms with Gasteiger partial charge in [0.2, 0.25) is 11.0 Å². The Morgan fingerprint density at radius 2 is 2.15 bits per heavy atom. The van der Waals surface area contributed by atoms with E-state index >= 15 is 0 Å². The zero-order chi connectivity index (χ0) is 14.1. The van der Waals surface area contributed by atoms with Gasteiger partial charge in [-0.2, -0.15) is 4.37 Å². The van der Waals surface area contributed by atoms with E-state index < -0.39 is 0 Å². The first-order chi connectivity index (χ1) is 9.61. The lowest BCUT2D eigenvalue weighted by Gasteiger charge is -2.03. The molecule has 1 heterocycles. The molecule has 4 nitrogen and oxygen atoms in total. The first kappa shape index (κ1) is 13.8. The van der Waals surface area contributed by atoms with E-state index in [0.29, 0.717) is 21.1 Å². The van der Waals surface area contributed by atoms with Crippen molar-refractivity contribution in [3.05, 3.63) is 39.6 Å². The first-order valence-electron chi connectivity index (χ1n) is 6.19. The van der Waals surface area contributed by atoms with E-state index in [1.807, 2.05) is 0 Å². The highest BCUT2D eigenvalue weighted by Gasteiger charge is 2.28. The molecule has 1 N–H and O–H groups in total. The fraction of sp³-hybridized carbons (Fsp3) is 0.308. The summed E-state index contributed by atoms with van der Waals surface area (Å²) in [5, 5.41) is 4.24. The molecule has 1 aromatic heterocycles. The van der Waals surface area contributed by atoms with Crippen LogP contribution < -0.4 is 5.32 Å². The van der Waals surface area contributed by atoms with E-state index in [1.54, 1.807) is 18.2 Å². The Hall–Kier alpha value is -1.17. The van der Waals surface area contributed by atoms with Crippen molar-refractivity contribution in [3.63, 3.8) is 0 Å². The van der Waals surface area contributed by atoms with Crippen molar-refractivity contribution in [2.75, 3.05) is 5.32 Å². The van der Waals surface area contributed by atoms with Gasteiger partial charge in [-0.05, 0) is 30.5 Å². The van der Waals surface area contributed by atoms with E-state index in [2.05, 4.69) is 14.7 Å². The monoisotopic (exact) mass is 327 g/mol. The Balaban J connectivity index is 1.61. The Morgan fingerprint density at radius 3 is 2.85 bits per heavy atom. The van der Waals surface area contributed by atoms with E-state index in [4.69, 9.17) is 23.2 Å². The van der Waals surface area contributed by atoms with E-state index in [9.17, 15) is 4.79 Å². The summed E-state index contributed by atoms with van der Waals surface area (Å²) in [6, 6.07) is 5.16. The van der Waals surface area contributed by atoms with Crippen LogP contribution in [-0.2, 0) is 11.2 Å². The molecule has 0 unspecified atom stereocenters. The Labute approximate surface area is 130 Å². The lowest BCUT2D eigenvalue weighted by molar-refractivity contribution is -0.115. The van der Waals surface area contributed by atoms with E-state index in [1.165, 1.54) is 11.5 Å². The van der Waals surface area contributed by atoms with E-state index in [0.717, 1.165) is 24.2 Å². The zero-order valence-electron chi connectivity index (χ0n) is 10.4. The topological polar surface area (TPSA) is 54.9 Å². The molecule has 0 saturated heterocycles. The number of carbonyl (C=O) groups is 1. The van der Waals surface area contributed by atoms with Crippen molar-refractivity contribution in [2.45, 2.75) is 25.2 Å². The maximum Gasteiger partial charge on any atom is 0.230 e. The van der Waals surface area contributed by atoms with E-state index in [-0.39, 0.29) is 12.3 Å². The zero-order valence-corrected chi connectivity index (χ0v) is 12.7. The van der Waals surface area contributed by atoms with Crippen LogP contribution in [0.2, 0.25) is 10.0 Å². The number of benzene rings is 1. The Kier molecular flexibility index (Phi) is 3.92. The number of aromatic nitrogens is 2. The highest BCUT2D eigenvalue weighted by molar-refractivity contribution is 7.09. The van der Waals surface area contributed by atoms with Crippen LogP contribution in [0.15, 0.2) is 18.2 Å². The molecule has 0 aliphatic heterocycles. The SMILES string of the molecule is O=C(Cc1ccc(Cl)c(Cl)c1)Nc1nc(C2CC2)ns1. The molecular formula is C13H11Cl2N3OS. The number of hydrogen-bond donors (Lipinski definition) is 1. The fourth-order valence-electron chi connectivity index (χ4n) is 1.79. The van der Waals surface area contributed by atoms with Gasteiger partial charge in [0.1, 0.15) is 5.82 Å². The third kappa shape index (κ3) is 3.29. The van der Waals surface area contributed by atoms with Gasteiger partial charge in [-0.15, -0.1) is 0 Å². The second-order valence-electron chi connectivity index (χ2n) is 4.71. The fourth-order valence-corrected chi connectivity index (χ4v) is 2.78. The molecule has 0 atom stereocenters. The smallest absolute Gasteiger partial charge is 0.230 e. The number of nitrogens with zero attached hydrogens (tertiary/aromatic N) is 2. The van der Waals surface area contributed by atoms with Crippen LogP contribution in [0, 0.1) is 0 Å². The van der Waals surface area contributed by atoms with Crippen LogP contribution in [0.1, 0.15) is 30.1 Å². The molecule has 1 amide bonds. The number of nitrogens with one attached hydrogen (secondary N) is 1. The van der Waals surface area contributed by atoms with Gasteiger partial charge in [-0.1, -0.05) is 29.3 Å². The molecule has 1 aromatic carbocycles. The standard InChI is InChI=1S/C13H11Cl2N3OS/c14-9-4-1-7(5-10(9)15)6-11(19)16-13-17-12(18-20-13)8-2-3-8/h1,4-5,8H,2-3,6H2,(H,16,17,18,19). The molecule has 104 valence electrons. The molecule has 7 heteroatoms. The molecule has 20 heavy (non-hydrogen) atoms. The van der Waals surface area contributed by atoms with Crippen LogP contribution in [0.5, 0.6) is 0 Å². The predicted octanol–water partition coefficient (Wildman–Crippen LogP) is 3.90. The largest absolute Gasteiger partial charge is 0.300 e. The normalized spacial score (nSPS) is 14.3. The molecule has 1 aliphatic carbocycles. The number of halogens is 2. The van der Waals surface area contributed by atoms with Gasteiger partial charge in [-0.25, -0.2) is 4.98 Å². The van der Waals surface area contributed by atoms with Gasteiger partial charge in [0.05, 0.1) is 16.5 Å². The first-order valence-corrected chi connectivity index (χ1v) is 7.72. The predicted molar refractivity (Wildman–Crippen MR) is 80.7 cm³/mol. The summed E-state index contributed by atoms with van der Waals surface area (Å²) >= 11 is 13.0.